The molecule has 1 aromatic rings. The van der Waals surface area contributed by atoms with Crippen LogP contribution in [0.2, 0.25) is 0 Å². The van der Waals surface area contributed by atoms with Gasteiger partial charge in [-0.15, -0.1) is 0 Å². The molecule has 1 atom stereocenters. The van der Waals surface area contributed by atoms with E-state index in [-0.39, 0.29) is 13.1 Å². The Hall–Kier alpha value is -1.34. The number of carbonyl (C=O) groups is 1. The van der Waals surface area contributed by atoms with Crippen molar-refractivity contribution in [3.8, 4) is 0 Å². The van der Waals surface area contributed by atoms with E-state index >= 15 is 0 Å². The summed E-state index contributed by atoms with van der Waals surface area (Å²) in [5, 5.41) is 7.30. The Morgan fingerprint density at radius 3 is 2.65 bits per heavy atom. The third kappa shape index (κ3) is 3.07. The second kappa shape index (κ2) is 5.33. The fraction of sp³-hybridized carbons (Fsp3) is 0.500. The average Bonchev–Trinajstić information content (AvgIpc) is 2.76. The zero-order valence-electron chi connectivity index (χ0n) is 9.66. The lowest BCUT2D eigenvalue weighted by Crippen LogP contribution is -2.40. The monoisotopic (exact) mass is 261 g/mol. The van der Waals surface area contributed by atoms with Gasteiger partial charge >= 0.3 is 5.97 Å². The number of rotatable bonds is 6. The largest absolute Gasteiger partial charge is 0.480 e. The summed E-state index contributed by atoms with van der Waals surface area (Å²) in [6.45, 7) is 3.04. The van der Waals surface area contributed by atoms with E-state index in [2.05, 4.69) is 0 Å². The summed E-state index contributed by atoms with van der Waals surface area (Å²) in [4.78, 5) is 10.7. The number of sulfonamides is 1. The van der Waals surface area contributed by atoms with E-state index in [1.807, 2.05) is 0 Å². The van der Waals surface area contributed by atoms with Crippen LogP contribution < -0.4 is 0 Å². The van der Waals surface area contributed by atoms with Gasteiger partial charge in [-0.3, -0.25) is 4.79 Å². The van der Waals surface area contributed by atoms with Crippen LogP contribution >= 0.6 is 0 Å². The molecule has 0 fully saturated rings. The highest BCUT2D eigenvalue weighted by atomic mass is 32.2. The highest BCUT2D eigenvalue weighted by Crippen LogP contribution is 2.14. The van der Waals surface area contributed by atoms with Gasteiger partial charge in [0.1, 0.15) is 5.76 Å². The van der Waals surface area contributed by atoms with Gasteiger partial charge in [-0.25, -0.2) is 8.42 Å². The number of carboxylic acid groups (broad SMARTS) is 1. The minimum atomic E-state index is -3.85. The lowest BCUT2D eigenvalue weighted by Gasteiger charge is -2.21. The van der Waals surface area contributed by atoms with Gasteiger partial charge in [0.2, 0.25) is 10.0 Å². The smallest absolute Gasteiger partial charge is 0.323 e. The number of furan rings is 1. The van der Waals surface area contributed by atoms with E-state index in [0.29, 0.717) is 5.76 Å². The third-order valence-corrected chi connectivity index (χ3v) is 4.62. The van der Waals surface area contributed by atoms with Crippen LogP contribution in [0.4, 0.5) is 0 Å². The highest BCUT2D eigenvalue weighted by molar-refractivity contribution is 7.90. The van der Waals surface area contributed by atoms with E-state index in [1.165, 1.54) is 6.26 Å². The van der Waals surface area contributed by atoms with Crippen molar-refractivity contribution in [2.45, 2.75) is 25.6 Å². The van der Waals surface area contributed by atoms with Gasteiger partial charge in [-0.1, -0.05) is 6.92 Å². The lowest BCUT2D eigenvalue weighted by molar-refractivity contribution is -0.136. The molecule has 17 heavy (non-hydrogen) atoms. The molecule has 0 aliphatic carbocycles. The number of aliphatic carboxylic acids is 1. The van der Waals surface area contributed by atoms with Crippen molar-refractivity contribution >= 4 is 16.0 Å². The maximum atomic E-state index is 11.9. The number of carboxylic acids is 1. The molecule has 0 saturated heterocycles. The van der Waals surface area contributed by atoms with Gasteiger partial charge in [-0.05, 0) is 19.1 Å². The maximum absolute atomic E-state index is 11.9. The van der Waals surface area contributed by atoms with Gasteiger partial charge in [0.05, 0.1) is 12.8 Å². The molecule has 96 valence electrons. The zero-order valence-corrected chi connectivity index (χ0v) is 10.5. The Labute approximate surface area is 99.9 Å². The summed E-state index contributed by atoms with van der Waals surface area (Å²) in [6.07, 6.45) is 1.44. The first-order valence-corrected chi connectivity index (χ1v) is 6.64. The van der Waals surface area contributed by atoms with E-state index in [1.54, 1.807) is 19.1 Å². The van der Waals surface area contributed by atoms with Gasteiger partial charge in [0.15, 0.2) is 5.25 Å². The second-order valence-corrected chi connectivity index (χ2v) is 5.78. The van der Waals surface area contributed by atoms with Crippen molar-refractivity contribution in [1.82, 2.24) is 4.31 Å². The second-order valence-electron chi connectivity index (χ2n) is 3.53. The summed E-state index contributed by atoms with van der Waals surface area (Å²) in [5.41, 5.74) is 0. The average molecular weight is 261 g/mol. The van der Waals surface area contributed by atoms with Gasteiger partial charge in [0.25, 0.3) is 0 Å². The molecule has 1 rings (SSSR count). The Bertz CT molecular complexity index is 465. The Kier molecular flexibility index (Phi) is 4.30. The highest BCUT2D eigenvalue weighted by Gasteiger charge is 2.33. The van der Waals surface area contributed by atoms with Crippen LogP contribution in [0, 0.1) is 0 Å². The first kappa shape index (κ1) is 13.7. The fourth-order valence-corrected chi connectivity index (χ4v) is 2.68. The first-order valence-electron chi connectivity index (χ1n) is 5.13. The molecule has 0 spiro atoms. The molecule has 0 radical (unpaired) electrons. The van der Waals surface area contributed by atoms with Crippen molar-refractivity contribution < 1.29 is 22.7 Å². The van der Waals surface area contributed by atoms with E-state index in [9.17, 15) is 13.2 Å². The molecule has 1 unspecified atom stereocenters. The summed E-state index contributed by atoms with van der Waals surface area (Å²) < 4.78 is 30.0. The van der Waals surface area contributed by atoms with Crippen LogP contribution in [-0.4, -0.2) is 35.6 Å². The summed E-state index contributed by atoms with van der Waals surface area (Å²) in [6, 6.07) is 3.29. The van der Waals surface area contributed by atoms with Crippen LogP contribution in [0.1, 0.15) is 19.6 Å². The summed E-state index contributed by atoms with van der Waals surface area (Å²) >= 11 is 0. The van der Waals surface area contributed by atoms with E-state index < -0.39 is 21.2 Å². The van der Waals surface area contributed by atoms with Crippen molar-refractivity contribution in [2.75, 3.05) is 6.54 Å². The van der Waals surface area contributed by atoms with Gasteiger partial charge in [0, 0.05) is 6.54 Å². The van der Waals surface area contributed by atoms with Crippen molar-refractivity contribution in [1.29, 1.82) is 0 Å². The topological polar surface area (TPSA) is 87.8 Å². The molecule has 0 aliphatic heterocycles. The molecule has 1 heterocycles. The molecular formula is C10H15NO5S. The van der Waals surface area contributed by atoms with Gasteiger partial charge in [-0.2, -0.15) is 4.31 Å². The quantitative estimate of drug-likeness (QED) is 0.822. The Balaban J connectivity index is 2.90. The van der Waals surface area contributed by atoms with Crippen molar-refractivity contribution in [2.24, 2.45) is 0 Å². The molecule has 1 N–H and O–H groups in total. The molecule has 0 aliphatic rings. The molecule has 0 aromatic carbocycles. The summed E-state index contributed by atoms with van der Waals surface area (Å²) in [5.74, 6) is -0.879. The van der Waals surface area contributed by atoms with Crippen LogP contribution in [0.15, 0.2) is 22.8 Å². The molecule has 0 amide bonds. The molecule has 7 heteroatoms. The van der Waals surface area contributed by atoms with Crippen LogP contribution in [0.5, 0.6) is 0 Å². The third-order valence-electron chi connectivity index (χ3n) is 2.42. The van der Waals surface area contributed by atoms with E-state index in [4.69, 9.17) is 9.52 Å². The summed E-state index contributed by atoms with van der Waals surface area (Å²) in [7, 11) is -3.85. The van der Waals surface area contributed by atoms with Gasteiger partial charge < -0.3 is 9.52 Å². The normalized spacial score (nSPS) is 13.8. The molecular weight excluding hydrogens is 246 g/mol. The number of hydrogen-bond acceptors (Lipinski definition) is 4. The zero-order chi connectivity index (χ0) is 13.1. The minimum Gasteiger partial charge on any atom is -0.480 e. The van der Waals surface area contributed by atoms with Crippen LogP contribution in [-0.2, 0) is 21.4 Å². The number of nitrogens with zero attached hydrogens (tertiary/aromatic N) is 1. The minimum absolute atomic E-state index is 0.0451. The Morgan fingerprint density at radius 1 is 1.59 bits per heavy atom. The lowest BCUT2D eigenvalue weighted by atomic mass is 10.4. The van der Waals surface area contributed by atoms with Crippen molar-refractivity contribution in [3.63, 3.8) is 0 Å². The predicted molar refractivity (Wildman–Crippen MR) is 60.8 cm³/mol. The standard InChI is InChI=1S/C10H15NO5S/c1-3-11(7-9-5-4-6-16-9)17(14,15)8(2)10(12)13/h4-6,8H,3,7H2,1-2H3,(H,12,13). The predicted octanol–water partition coefficient (Wildman–Crippen LogP) is 0.904. The Morgan fingerprint density at radius 2 is 2.24 bits per heavy atom. The fourth-order valence-electron chi connectivity index (χ4n) is 1.31. The van der Waals surface area contributed by atoms with Crippen LogP contribution in [0.25, 0.3) is 0 Å². The SMILES string of the molecule is CCN(Cc1ccco1)S(=O)(=O)C(C)C(=O)O. The maximum Gasteiger partial charge on any atom is 0.323 e. The molecule has 1 aromatic heterocycles. The van der Waals surface area contributed by atoms with Crippen LogP contribution in [0.3, 0.4) is 0 Å². The van der Waals surface area contributed by atoms with Crippen molar-refractivity contribution in [3.05, 3.63) is 24.2 Å². The number of hydrogen-bond donors (Lipinski definition) is 1. The molecule has 0 saturated carbocycles. The molecule has 0 bridgehead atoms. The first-order chi connectivity index (χ1) is 7.89. The molecule has 6 nitrogen and oxygen atoms in total. The van der Waals surface area contributed by atoms with E-state index in [0.717, 1.165) is 11.2 Å².